The van der Waals surface area contributed by atoms with Gasteiger partial charge in [-0.05, 0) is 36.8 Å². The van der Waals surface area contributed by atoms with E-state index in [1.165, 1.54) is 15.3 Å². The van der Waals surface area contributed by atoms with Gasteiger partial charge in [0, 0.05) is 15.3 Å². The van der Waals surface area contributed by atoms with Gasteiger partial charge in [-0.1, -0.05) is 18.1 Å². The zero-order chi connectivity index (χ0) is 9.97. The third kappa shape index (κ3) is 1.71. The van der Waals surface area contributed by atoms with Gasteiger partial charge in [0.25, 0.3) is 0 Å². The Bertz CT molecular complexity index is 469. The largest absolute Gasteiger partial charge is 0.141 e. The first-order chi connectivity index (χ1) is 6.79. The maximum absolute atomic E-state index is 5.30. The van der Waals surface area contributed by atoms with E-state index in [0.29, 0.717) is 0 Å². The molecular weight excluding hydrogens is 188 g/mol. The van der Waals surface area contributed by atoms with Crippen molar-refractivity contribution in [2.75, 3.05) is 0 Å². The van der Waals surface area contributed by atoms with Crippen molar-refractivity contribution in [2.24, 2.45) is 0 Å². The topological polar surface area (TPSA) is 0 Å². The van der Waals surface area contributed by atoms with E-state index in [4.69, 9.17) is 6.42 Å². The van der Waals surface area contributed by atoms with Gasteiger partial charge in [0.2, 0.25) is 0 Å². The average Bonchev–Trinajstić information content (AvgIpc) is 2.65. The van der Waals surface area contributed by atoms with E-state index >= 15 is 0 Å². The van der Waals surface area contributed by atoms with Crippen LogP contribution < -0.4 is 0 Å². The summed E-state index contributed by atoms with van der Waals surface area (Å²) >= 11 is 1.80. The van der Waals surface area contributed by atoms with Crippen LogP contribution in [-0.2, 0) is 0 Å². The van der Waals surface area contributed by atoms with Crippen molar-refractivity contribution in [3.63, 3.8) is 0 Å². The van der Waals surface area contributed by atoms with Crippen molar-refractivity contribution in [1.82, 2.24) is 0 Å². The molecule has 0 amide bonds. The SMILES string of the molecule is C#Cc1ccc(-c2ccc(C)s2)cc1. The molecule has 0 radical (unpaired) electrons. The summed E-state index contributed by atoms with van der Waals surface area (Å²) < 4.78 is 0. The summed E-state index contributed by atoms with van der Waals surface area (Å²) in [6.45, 7) is 2.12. The minimum atomic E-state index is 0.932. The molecular formula is C13H10S. The van der Waals surface area contributed by atoms with Crippen LogP contribution in [0.5, 0.6) is 0 Å². The average molecular weight is 198 g/mol. The van der Waals surface area contributed by atoms with Gasteiger partial charge < -0.3 is 0 Å². The molecule has 1 heteroatoms. The molecule has 68 valence electrons. The first-order valence-electron chi connectivity index (χ1n) is 4.43. The number of hydrogen-bond acceptors (Lipinski definition) is 1. The maximum Gasteiger partial charge on any atom is 0.0345 e. The van der Waals surface area contributed by atoms with Gasteiger partial charge in [-0.15, -0.1) is 17.8 Å². The second kappa shape index (κ2) is 3.69. The normalized spacial score (nSPS) is 9.71. The summed E-state index contributed by atoms with van der Waals surface area (Å²) in [4.78, 5) is 2.63. The lowest BCUT2D eigenvalue weighted by atomic mass is 10.1. The predicted molar refractivity (Wildman–Crippen MR) is 62.4 cm³/mol. The molecule has 0 spiro atoms. The molecule has 0 aliphatic rings. The zero-order valence-electron chi connectivity index (χ0n) is 7.95. The van der Waals surface area contributed by atoms with E-state index in [1.807, 2.05) is 12.1 Å². The number of aryl methyl sites for hydroxylation is 1. The van der Waals surface area contributed by atoms with Crippen molar-refractivity contribution in [3.05, 3.63) is 46.8 Å². The molecule has 1 aromatic heterocycles. The number of thiophene rings is 1. The summed E-state index contributed by atoms with van der Waals surface area (Å²) in [6, 6.07) is 12.4. The lowest BCUT2D eigenvalue weighted by molar-refractivity contribution is 1.63. The first-order valence-corrected chi connectivity index (χ1v) is 5.25. The standard InChI is InChI=1S/C13H10S/c1-3-11-5-7-12(8-6-11)13-9-4-10(2)14-13/h1,4-9H,2H3. The zero-order valence-corrected chi connectivity index (χ0v) is 8.77. The van der Waals surface area contributed by atoms with E-state index in [0.717, 1.165) is 5.56 Å². The molecule has 14 heavy (non-hydrogen) atoms. The summed E-state index contributed by atoms with van der Waals surface area (Å²) in [5.74, 6) is 2.61. The summed E-state index contributed by atoms with van der Waals surface area (Å²) in [5.41, 5.74) is 2.17. The van der Waals surface area contributed by atoms with Crippen LogP contribution in [0.4, 0.5) is 0 Å². The third-order valence-electron chi connectivity index (χ3n) is 2.08. The lowest BCUT2D eigenvalue weighted by Crippen LogP contribution is -1.74. The molecule has 1 aromatic carbocycles. The highest BCUT2D eigenvalue weighted by Gasteiger charge is 1.99. The van der Waals surface area contributed by atoms with Crippen LogP contribution in [0, 0.1) is 19.3 Å². The monoisotopic (exact) mass is 198 g/mol. The molecule has 0 aliphatic heterocycles. The van der Waals surface area contributed by atoms with Crippen molar-refractivity contribution >= 4 is 11.3 Å². The van der Waals surface area contributed by atoms with Gasteiger partial charge in [-0.2, -0.15) is 0 Å². The first kappa shape index (κ1) is 9.05. The quantitative estimate of drug-likeness (QED) is 0.613. The van der Waals surface area contributed by atoms with Crippen LogP contribution >= 0.6 is 11.3 Å². The fourth-order valence-electron chi connectivity index (χ4n) is 1.32. The van der Waals surface area contributed by atoms with Gasteiger partial charge in [0.15, 0.2) is 0 Å². The molecule has 0 N–H and O–H groups in total. The Labute approximate surface area is 88.2 Å². The van der Waals surface area contributed by atoms with E-state index in [9.17, 15) is 0 Å². The Hall–Kier alpha value is -1.52. The molecule has 2 aromatic rings. The van der Waals surface area contributed by atoms with Gasteiger partial charge >= 0.3 is 0 Å². The number of benzene rings is 1. The minimum Gasteiger partial charge on any atom is -0.141 e. The van der Waals surface area contributed by atoms with Crippen molar-refractivity contribution in [3.8, 4) is 22.8 Å². The Morgan fingerprint density at radius 2 is 1.79 bits per heavy atom. The van der Waals surface area contributed by atoms with Crippen molar-refractivity contribution < 1.29 is 0 Å². The Balaban J connectivity index is 2.39. The maximum atomic E-state index is 5.30. The lowest BCUT2D eigenvalue weighted by Gasteiger charge is -1.96. The molecule has 0 saturated heterocycles. The highest BCUT2D eigenvalue weighted by atomic mass is 32.1. The van der Waals surface area contributed by atoms with Crippen LogP contribution in [0.2, 0.25) is 0 Å². The van der Waals surface area contributed by atoms with Crippen LogP contribution in [0.1, 0.15) is 10.4 Å². The minimum absolute atomic E-state index is 0.932. The van der Waals surface area contributed by atoms with Crippen LogP contribution in [0.15, 0.2) is 36.4 Å². The van der Waals surface area contributed by atoms with E-state index in [-0.39, 0.29) is 0 Å². The van der Waals surface area contributed by atoms with E-state index in [2.05, 4.69) is 37.1 Å². The van der Waals surface area contributed by atoms with Gasteiger partial charge in [-0.25, -0.2) is 0 Å². The molecule has 0 bridgehead atoms. The Morgan fingerprint density at radius 1 is 1.07 bits per heavy atom. The molecule has 0 fully saturated rings. The molecule has 2 rings (SSSR count). The van der Waals surface area contributed by atoms with Gasteiger partial charge in [-0.3, -0.25) is 0 Å². The Morgan fingerprint density at radius 3 is 2.29 bits per heavy atom. The van der Waals surface area contributed by atoms with Crippen LogP contribution in [-0.4, -0.2) is 0 Å². The molecule has 0 atom stereocenters. The molecule has 0 saturated carbocycles. The van der Waals surface area contributed by atoms with Gasteiger partial charge in [0.1, 0.15) is 0 Å². The fraction of sp³-hybridized carbons (Fsp3) is 0.0769. The predicted octanol–water partition coefficient (Wildman–Crippen LogP) is 3.70. The van der Waals surface area contributed by atoms with Gasteiger partial charge in [0.05, 0.1) is 0 Å². The highest BCUT2D eigenvalue weighted by Crippen LogP contribution is 2.27. The fourth-order valence-corrected chi connectivity index (χ4v) is 2.19. The van der Waals surface area contributed by atoms with Crippen LogP contribution in [0.3, 0.4) is 0 Å². The third-order valence-corrected chi connectivity index (χ3v) is 3.13. The molecule has 1 heterocycles. The van der Waals surface area contributed by atoms with E-state index in [1.54, 1.807) is 11.3 Å². The second-order valence-electron chi connectivity index (χ2n) is 3.13. The molecule has 0 unspecified atom stereocenters. The summed E-state index contributed by atoms with van der Waals surface area (Å²) in [7, 11) is 0. The Kier molecular flexibility index (Phi) is 2.39. The second-order valence-corrected chi connectivity index (χ2v) is 4.42. The number of rotatable bonds is 1. The number of hydrogen-bond donors (Lipinski definition) is 0. The molecule has 0 aliphatic carbocycles. The van der Waals surface area contributed by atoms with Crippen molar-refractivity contribution in [1.29, 1.82) is 0 Å². The summed E-state index contributed by atoms with van der Waals surface area (Å²) in [5, 5.41) is 0. The molecule has 0 nitrogen and oxygen atoms in total. The number of terminal acetylenes is 1. The highest BCUT2D eigenvalue weighted by molar-refractivity contribution is 7.15. The smallest absolute Gasteiger partial charge is 0.0345 e. The van der Waals surface area contributed by atoms with Crippen molar-refractivity contribution in [2.45, 2.75) is 6.92 Å². The van der Waals surface area contributed by atoms with E-state index < -0.39 is 0 Å². The summed E-state index contributed by atoms with van der Waals surface area (Å²) in [6.07, 6.45) is 5.30. The van der Waals surface area contributed by atoms with Crippen LogP contribution in [0.25, 0.3) is 10.4 Å².